The van der Waals surface area contributed by atoms with Crippen molar-refractivity contribution in [2.45, 2.75) is 0 Å². The third-order valence-electron chi connectivity index (χ3n) is 4.07. The number of carbonyl (C=O) groups excluding carboxylic acids is 1. The molecular formula is C16H11BF2N2O. The first kappa shape index (κ1) is 12.9. The minimum atomic E-state index is -3.87. The molecule has 2 aromatic rings. The molecule has 22 heavy (non-hydrogen) atoms. The zero-order chi connectivity index (χ0) is 15.3. The second-order valence-electron chi connectivity index (χ2n) is 5.30. The number of fused-ring (bicyclic) bond motifs is 2. The maximum atomic E-state index is 14.6. The topological polar surface area (TPSA) is 25.0 Å². The van der Waals surface area contributed by atoms with Crippen molar-refractivity contribution in [1.29, 1.82) is 0 Å². The van der Waals surface area contributed by atoms with E-state index < -0.39 is 6.97 Å². The molecule has 0 unspecified atom stereocenters. The molecular weight excluding hydrogens is 285 g/mol. The Kier molecular flexibility index (Phi) is 2.57. The second-order valence-corrected chi connectivity index (χ2v) is 5.30. The highest BCUT2D eigenvalue weighted by Crippen LogP contribution is 2.38. The number of aromatic nitrogens is 1. The highest BCUT2D eigenvalue weighted by Gasteiger charge is 2.51. The molecule has 0 saturated heterocycles. The summed E-state index contributed by atoms with van der Waals surface area (Å²) in [6.07, 6.45) is 6.88. The minimum Gasteiger partial charge on any atom is -0.396 e. The molecule has 6 heteroatoms. The Bertz CT molecular complexity index is 876. The number of aldehydes is 1. The Hall–Kier alpha value is -2.76. The molecule has 0 aliphatic carbocycles. The molecule has 0 saturated carbocycles. The van der Waals surface area contributed by atoms with E-state index in [9.17, 15) is 13.4 Å². The molecule has 0 amide bonds. The van der Waals surface area contributed by atoms with Gasteiger partial charge in [0, 0.05) is 23.4 Å². The first-order valence-corrected chi connectivity index (χ1v) is 6.92. The predicted octanol–water partition coefficient (Wildman–Crippen LogP) is 2.95. The van der Waals surface area contributed by atoms with Crippen LogP contribution in [0.3, 0.4) is 0 Å². The van der Waals surface area contributed by atoms with Gasteiger partial charge in [0.1, 0.15) is 12.5 Å². The maximum Gasteiger partial charge on any atom is 0.737 e. The fourth-order valence-electron chi connectivity index (χ4n) is 3.04. The van der Waals surface area contributed by atoms with Crippen LogP contribution in [-0.2, 0) is 0 Å². The van der Waals surface area contributed by atoms with E-state index in [0.717, 1.165) is 26.4 Å². The van der Waals surface area contributed by atoms with E-state index in [-0.39, 0.29) is 0 Å². The van der Waals surface area contributed by atoms with E-state index in [0.29, 0.717) is 17.0 Å². The van der Waals surface area contributed by atoms with Crippen LogP contribution >= 0.6 is 0 Å². The van der Waals surface area contributed by atoms with Crippen molar-refractivity contribution in [3.8, 4) is 0 Å². The van der Waals surface area contributed by atoms with Gasteiger partial charge in [-0.2, -0.15) is 0 Å². The third kappa shape index (κ3) is 1.61. The van der Waals surface area contributed by atoms with Crippen molar-refractivity contribution < 1.29 is 17.9 Å². The van der Waals surface area contributed by atoms with Crippen molar-refractivity contribution in [3.63, 3.8) is 0 Å². The van der Waals surface area contributed by atoms with E-state index in [2.05, 4.69) is 0 Å². The van der Waals surface area contributed by atoms with Crippen molar-refractivity contribution in [1.82, 2.24) is 4.48 Å². The molecule has 2 aliphatic heterocycles. The van der Waals surface area contributed by atoms with Crippen LogP contribution < -0.4 is 0 Å². The van der Waals surface area contributed by atoms with Gasteiger partial charge in [-0.1, -0.05) is 24.3 Å². The van der Waals surface area contributed by atoms with Crippen molar-refractivity contribution in [2.24, 2.45) is 0 Å². The van der Waals surface area contributed by atoms with Crippen molar-refractivity contribution >= 4 is 25.0 Å². The molecule has 0 N–H and O–H groups in total. The standard InChI is InChI=1S/C16H11BF2N2O/c18-17(19)20-9-1-3-14(20)16(15-4-2-10-21(15)17)13-7-5-12(11-22)6-8-13/h1-11H. The number of allylic oxidation sites excluding steroid dienone is 2. The number of rotatable bonds is 2. The van der Waals surface area contributed by atoms with Crippen LogP contribution in [0.2, 0.25) is 0 Å². The van der Waals surface area contributed by atoms with E-state index in [1.807, 2.05) is 0 Å². The lowest BCUT2D eigenvalue weighted by Gasteiger charge is -2.30. The van der Waals surface area contributed by atoms with Crippen LogP contribution in [-0.4, -0.2) is 28.4 Å². The van der Waals surface area contributed by atoms with Gasteiger partial charge in [-0.3, -0.25) is 4.79 Å². The lowest BCUT2D eigenvalue weighted by molar-refractivity contribution is -0.356. The summed E-state index contributed by atoms with van der Waals surface area (Å²) in [7, 11) is 0. The maximum absolute atomic E-state index is 14.6. The average Bonchev–Trinajstić information content (AvgIpc) is 3.18. The molecule has 3 heterocycles. The molecule has 108 valence electrons. The summed E-state index contributed by atoms with van der Waals surface area (Å²) >= 11 is 0. The minimum absolute atomic E-state index is 0.482. The quantitative estimate of drug-likeness (QED) is 0.618. The van der Waals surface area contributed by atoms with Gasteiger partial charge in [0.25, 0.3) is 0 Å². The monoisotopic (exact) mass is 296 g/mol. The van der Waals surface area contributed by atoms with Gasteiger partial charge in [-0.25, -0.2) is 0 Å². The SMILES string of the molecule is O=Cc1ccc(C2=C3C=CC=[N+]3[B-](F)(F)n3cccc32)cc1. The smallest absolute Gasteiger partial charge is 0.396 e. The Morgan fingerprint density at radius 3 is 2.64 bits per heavy atom. The Balaban J connectivity index is 1.99. The molecule has 3 nitrogen and oxygen atoms in total. The van der Waals surface area contributed by atoms with Gasteiger partial charge in [0.15, 0.2) is 5.70 Å². The molecule has 0 fully saturated rings. The molecule has 4 rings (SSSR count). The summed E-state index contributed by atoms with van der Waals surface area (Å²) in [5.41, 5.74) is 3.06. The van der Waals surface area contributed by atoms with Crippen LogP contribution in [0, 0.1) is 0 Å². The molecule has 0 bridgehead atoms. The highest BCUT2D eigenvalue weighted by atomic mass is 19.2. The number of benzene rings is 1. The summed E-state index contributed by atoms with van der Waals surface area (Å²) in [5.74, 6) is 0. The number of carbonyl (C=O) groups is 1. The Morgan fingerprint density at radius 2 is 1.91 bits per heavy atom. The molecule has 1 aromatic carbocycles. The molecule has 2 aliphatic rings. The van der Waals surface area contributed by atoms with Gasteiger partial charge in [0.05, 0.1) is 5.57 Å². The fourth-order valence-corrected chi connectivity index (χ4v) is 3.04. The molecule has 0 radical (unpaired) electrons. The van der Waals surface area contributed by atoms with Crippen LogP contribution in [0.4, 0.5) is 8.63 Å². The van der Waals surface area contributed by atoms with Crippen molar-refractivity contribution in [3.05, 3.63) is 77.3 Å². The summed E-state index contributed by atoms with van der Waals surface area (Å²) in [5, 5.41) is 0. The largest absolute Gasteiger partial charge is 0.737 e. The Morgan fingerprint density at radius 1 is 1.14 bits per heavy atom. The zero-order valence-corrected chi connectivity index (χ0v) is 11.5. The number of halogens is 2. The number of hydrogen-bond acceptors (Lipinski definition) is 1. The van der Waals surface area contributed by atoms with Gasteiger partial charge in [-0.05, 0) is 23.9 Å². The van der Waals surface area contributed by atoms with Gasteiger partial charge in [-0.15, -0.1) is 0 Å². The lowest BCUT2D eigenvalue weighted by Crippen LogP contribution is -2.49. The predicted molar refractivity (Wildman–Crippen MR) is 81.1 cm³/mol. The lowest BCUT2D eigenvalue weighted by atomic mass is 9.86. The van der Waals surface area contributed by atoms with Gasteiger partial charge >= 0.3 is 6.97 Å². The summed E-state index contributed by atoms with van der Waals surface area (Å²) < 4.78 is 31.2. The van der Waals surface area contributed by atoms with Crippen LogP contribution in [0.15, 0.2) is 60.4 Å². The first-order valence-electron chi connectivity index (χ1n) is 6.92. The number of nitrogens with zero attached hydrogens (tertiary/aromatic N) is 2. The summed E-state index contributed by atoms with van der Waals surface area (Å²) in [4.78, 5) is 10.8. The zero-order valence-electron chi connectivity index (χ0n) is 11.5. The average molecular weight is 296 g/mol. The summed E-state index contributed by atoms with van der Waals surface area (Å²) in [6, 6.07) is 10.3. The van der Waals surface area contributed by atoms with E-state index in [4.69, 9.17) is 0 Å². The van der Waals surface area contributed by atoms with Crippen LogP contribution in [0.25, 0.3) is 5.57 Å². The van der Waals surface area contributed by atoms with Gasteiger partial charge in [0.2, 0.25) is 0 Å². The van der Waals surface area contributed by atoms with Gasteiger partial charge < -0.3 is 17.6 Å². The normalized spacial score (nSPS) is 18.0. The van der Waals surface area contributed by atoms with Crippen LogP contribution in [0.1, 0.15) is 21.6 Å². The van der Waals surface area contributed by atoms with Crippen LogP contribution in [0.5, 0.6) is 0 Å². The van der Waals surface area contributed by atoms with E-state index in [1.165, 1.54) is 12.4 Å². The van der Waals surface area contributed by atoms with Crippen molar-refractivity contribution in [2.75, 3.05) is 0 Å². The Labute approximate surface area is 125 Å². The summed E-state index contributed by atoms with van der Waals surface area (Å²) in [6.45, 7) is -3.87. The van der Waals surface area contributed by atoms with E-state index >= 15 is 0 Å². The van der Waals surface area contributed by atoms with E-state index in [1.54, 1.807) is 48.6 Å². The molecule has 0 spiro atoms. The second kappa shape index (κ2) is 4.37. The molecule has 0 atom stereocenters. The highest BCUT2D eigenvalue weighted by molar-refractivity contribution is 6.57. The fraction of sp³-hybridized carbons (Fsp3) is 0. The first-order chi connectivity index (χ1) is 10.6. The number of hydrogen-bond donors (Lipinski definition) is 0. The molecule has 1 aromatic heterocycles. The third-order valence-corrected chi connectivity index (χ3v) is 4.07.